The summed E-state index contributed by atoms with van der Waals surface area (Å²) in [5, 5.41) is 15.9. The van der Waals surface area contributed by atoms with Crippen LogP contribution in [0, 0.1) is 0 Å². The van der Waals surface area contributed by atoms with Crippen molar-refractivity contribution in [3.05, 3.63) is 35.9 Å². The fourth-order valence-electron chi connectivity index (χ4n) is 3.09. The van der Waals surface area contributed by atoms with E-state index in [1.54, 1.807) is 0 Å². The second-order valence-electron chi connectivity index (χ2n) is 5.94. The van der Waals surface area contributed by atoms with Gasteiger partial charge in [-0.05, 0) is 18.4 Å². The zero-order valence-electron chi connectivity index (χ0n) is 12.7. The number of nitrogens with two attached hydrogens (primary N) is 1. The third-order valence-corrected chi connectivity index (χ3v) is 4.39. The number of oxime groups is 1. The van der Waals surface area contributed by atoms with Crippen LogP contribution >= 0.6 is 0 Å². The first kappa shape index (κ1) is 15.8. The number of hydrogen-bond donors (Lipinski definition) is 3. The molecule has 1 aliphatic carbocycles. The molecule has 2 rings (SSSR count). The van der Waals surface area contributed by atoms with E-state index in [1.165, 1.54) is 44.9 Å². The van der Waals surface area contributed by atoms with Gasteiger partial charge in [0.1, 0.15) is 5.84 Å². The molecule has 0 spiro atoms. The Morgan fingerprint density at radius 3 is 2.38 bits per heavy atom. The van der Waals surface area contributed by atoms with Crippen molar-refractivity contribution in [3.63, 3.8) is 0 Å². The van der Waals surface area contributed by atoms with E-state index in [4.69, 9.17) is 10.9 Å². The maximum Gasteiger partial charge on any atom is 0.147 e. The summed E-state index contributed by atoms with van der Waals surface area (Å²) in [4.78, 5) is 0. The van der Waals surface area contributed by atoms with Crippen LogP contribution in [0.1, 0.15) is 56.4 Å². The number of nitrogens with one attached hydrogen (secondary N) is 1. The van der Waals surface area contributed by atoms with Gasteiger partial charge in [-0.1, -0.05) is 67.6 Å². The highest BCUT2D eigenvalue weighted by Crippen LogP contribution is 2.19. The summed E-state index contributed by atoms with van der Waals surface area (Å²) in [5.74, 6) is 0.209. The average Bonchev–Trinajstić information content (AvgIpc) is 2.50. The number of amidine groups is 1. The molecule has 0 amide bonds. The fourth-order valence-corrected chi connectivity index (χ4v) is 3.09. The van der Waals surface area contributed by atoms with Gasteiger partial charge in [-0.25, -0.2) is 0 Å². The predicted molar refractivity (Wildman–Crippen MR) is 86.7 cm³/mol. The highest BCUT2D eigenvalue weighted by molar-refractivity contribution is 5.87. The van der Waals surface area contributed by atoms with Crippen molar-refractivity contribution < 1.29 is 5.21 Å². The molecule has 1 unspecified atom stereocenters. The Bertz CT molecular complexity index is 425. The largest absolute Gasteiger partial charge is 0.409 e. The van der Waals surface area contributed by atoms with Crippen molar-refractivity contribution in [2.75, 3.05) is 6.54 Å². The van der Waals surface area contributed by atoms with Crippen molar-refractivity contribution in [1.82, 2.24) is 5.32 Å². The Hall–Kier alpha value is -1.55. The van der Waals surface area contributed by atoms with E-state index in [9.17, 15) is 0 Å². The molecule has 1 aliphatic rings. The van der Waals surface area contributed by atoms with E-state index in [1.807, 2.05) is 30.3 Å². The average molecular weight is 289 g/mol. The molecule has 1 fully saturated rings. The second kappa shape index (κ2) is 8.67. The van der Waals surface area contributed by atoms with Gasteiger partial charge in [-0.15, -0.1) is 0 Å². The van der Waals surface area contributed by atoms with Crippen LogP contribution in [0.25, 0.3) is 0 Å². The first-order valence-electron chi connectivity index (χ1n) is 8.07. The molecule has 0 aliphatic heterocycles. The highest BCUT2D eigenvalue weighted by Gasteiger charge is 2.19. The fraction of sp³-hybridized carbons (Fsp3) is 0.588. The Balaban J connectivity index is 1.95. The first-order valence-corrected chi connectivity index (χ1v) is 8.07. The van der Waals surface area contributed by atoms with Crippen LogP contribution in [0.15, 0.2) is 35.5 Å². The summed E-state index contributed by atoms with van der Waals surface area (Å²) >= 11 is 0. The minimum absolute atomic E-state index is 0.0679. The number of nitrogens with zero attached hydrogens (tertiary/aromatic N) is 1. The van der Waals surface area contributed by atoms with Crippen LogP contribution in [0.3, 0.4) is 0 Å². The van der Waals surface area contributed by atoms with Gasteiger partial charge >= 0.3 is 0 Å². The smallest absolute Gasteiger partial charge is 0.147 e. The van der Waals surface area contributed by atoms with Crippen molar-refractivity contribution in [1.29, 1.82) is 0 Å². The standard InChI is InChI=1S/C17H27N3O/c18-17(20-21)16(14-9-5-4-6-10-14)13-19-15-11-7-2-1-3-8-12-15/h4-6,9-10,15-16,19,21H,1-3,7-8,11-13H2,(H2,18,20). The molecular weight excluding hydrogens is 262 g/mol. The molecule has 21 heavy (non-hydrogen) atoms. The summed E-state index contributed by atoms with van der Waals surface area (Å²) in [5.41, 5.74) is 6.97. The SMILES string of the molecule is NC(=NO)C(CNC1CCCCCCC1)c1ccccc1. The van der Waals surface area contributed by atoms with Crippen molar-refractivity contribution in [2.24, 2.45) is 10.9 Å². The van der Waals surface area contributed by atoms with Gasteiger partial charge < -0.3 is 16.3 Å². The quantitative estimate of drug-likeness (QED) is 0.337. The molecule has 4 heteroatoms. The van der Waals surface area contributed by atoms with E-state index in [2.05, 4.69) is 10.5 Å². The highest BCUT2D eigenvalue weighted by atomic mass is 16.4. The van der Waals surface area contributed by atoms with E-state index < -0.39 is 0 Å². The predicted octanol–water partition coefficient (Wildman–Crippen LogP) is 3.22. The van der Waals surface area contributed by atoms with Crippen LogP contribution in [0.5, 0.6) is 0 Å². The lowest BCUT2D eigenvalue weighted by Gasteiger charge is -2.24. The van der Waals surface area contributed by atoms with Gasteiger partial charge in [0.15, 0.2) is 0 Å². The van der Waals surface area contributed by atoms with Crippen LogP contribution in [-0.2, 0) is 0 Å². The Morgan fingerprint density at radius 1 is 1.14 bits per heavy atom. The number of rotatable bonds is 5. The molecule has 1 aromatic carbocycles. The normalized spacial score (nSPS) is 19.7. The maximum absolute atomic E-state index is 9.02. The number of benzene rings is 1. The molecule has 0 heterocycles. The van der Waals surface area contributed by atoms with Crippen molar-refractivity contribution in [3.8, 4) is 0 Å². The van der Waals surface area contributed by atoms with Gasteiger partial charge in [0.25, 0.3) is 0 Å². The van der Waals surface area contributed by atoms with Gasteiger partial charge in [-0.2, -0.15) is 0 Å². The Morgan fingerprint density at radius 2 is 1.76 bits per heavy atom. The minimum Gasteiger partial charge on any atom is -0.409 e. The summed E-state index contributed by atoms with van der Waals surface area (Å²) in [6.45, 7) is 0.727. The summed E-state index contributed by atoms with van der Waals surface area (Å²) < 4.78 is 0. The topological polar surface area (TPSA) is 70.6 Å². The van der Waals surface area contributed by atoms with Crippen LogP contribution in [-0.4, -0.2) is 23.6 Å². The summed E-state index contributed by atoms with van der Waals surface area (Å²) in [6, 6.07) is 10.6. The zero-order valence-corrected chi connectivity index (χ0v) is 12.7. The maximum atomic E-state index is 9.02. The van der Waals surface area contributed by atoms with Crippen LogP contribution < -0.4 is 11.1 Å². The number of hydrogen-bond acceptors (Lipinski definition) is 3. The summed E-state index contributed by atoms with van der Waals surface area (Å²) in [6.07, 6.45) is 9.15. The van der Waals surface area contributed by atoms with Gasteiger partial charge in [0, 0.05) is 12.6 Å². The van der Waals surface area contributed by atoms with E-state index in [0.29, 0.717) is 6.04 Å². The zero-order chi connectivity index (χ0) is 14.9. The molecule has 1 aromatic rings. The molecule has 4 N–H and O–H groups in total. The molecule has 1 atom stereocenters. The lowest BCUT2D eigenvalue weighted by atomic mass is 9.94. The second-order valence-corrected chi connectivity index (χ2v) is 5.94. The van der Waals surface area contributed by atoms with E-state index in [0.717, 1.165) is 12.1 Å². The monoisotopic (exact) mass is 289 g/mol. The van der Waals surface area contributed by atoms with Gasteiger partial charge in [0.2, 0.25) is 0 Å². The first-order chi connectivity index (χ1) is 10.3. The summed E-state index contributed by atoms with van der Waals surface area (Å²) in [7, 11) is 0. The molecule has 0 radical (unpaired) electrons. The Kier molecular flexibility index (Phi) is 6.54. The lowest BCUT2D eigenvalue weighted by Crippen LogP contribution is -2.37. The minimum atomic E-state index is -0.0679. The van der Waals surface area contributed by atoms with Crippen molar-refractivity contribution >= 4 is 5.84 Å². The molecule has 0 saturated heterocycles. The molecule has 0 bridgehead atoms. The Labute approximate surface area is 127 Å². The molecule has 0 aromatic heterocycles. The van der Waals surface area contributed by atoms with Crippen molar-refractivity contribution in [2.45, 2.75) is 56.9 Å². The van der Waals surface area contributed by atoms with E-state index >= 15 is 0 Å². The van der Waals surface area contributed by atoms with Crippen LogP contribution in [0.4, 0.5) is 0 Å². The van der Waals surface area contributed by atoms with Gasteiger partial charge in [0.05, 0.1) is 5.92 Å². The third kappa shape index (κ3) is 5.05. The molecule has 1 saturated carbocycles. The molecule has 116 valence electrons. The molecule has 4 nitrogen and oxygen atoms in total. The van der Waals surface area contributed by atoms with Gasteiger partial charge in [-0.3, -0.25) is 0 Å². The third-order valence-electron chi connectivity index (χ3n) is 4.39. The van der Waals surface area contributed by atoms with E-state index in [-0.39, 0.29) is 11.8 Å². The van der Waals surface area contributed by atoms with Crippen LogP contribution in [0.2, 0.25) is 0 Å². The molecular formula is C17H27N3O. The lowest BCUT2D eigenvalue weighted by molar-refractivity contribution is 0.314.